The standard InChI is InChI=1S/C7H12O2/c1-7(5-8)4-2-3-6(7)9/h8H,2-5H2,1H3/t7-/m1/s1. The summed E-state index contributed by atoms with van der Waals surface area (Å²) in [5, 5.41) is 8.77. The number of carbonyl (C=O) groups is 1. The molecule has 0 aromatic rings. The molecule has 0 aliphatic heterocycles. The predicted octanol–water partition coefficient (Wildman–Crippen LogP) is 0.738. The third-order valence-corrected chi connectivity index (χ3v) is 2.15. The van der Waals surface area contributed by atoms with Gasteiger partial charge in [-0.2, -0.15) is 0 Å². The van der Waals surface area contributed by atoms with Crippen LogP contribution >= 0.6 is 0 Å². The van der Waals surface area contributed by atoms with Gasteiger partial charge in [0.15, 0.2) is 0 Å². The Morgan fingerprint density at radius 2 is 2.44 bits per heavy atom. The van der Waals surface area contributed by atoms with Gasteiger partial charge in [-0.1, -0.05) is 6.92 Å². The quantitative estimate of drug-likeness (QED) is 0.565. The van der Waals surface area contributed by atoms with Gasteiger partial charge < -0.3 is 5.11 Å². The molecule has 1 fully saturated rings. The predicted molar refractivity (Wildman–Crippen MR) is 34.1 cm³/mol. The Labute approximate surface area is 54.9 Å². The molecule has 1 rings (SSSR count). The molecule has 0 unspecified atom stereocenters. The lowest BCUT2D eigenvalue weighted by Gasteiger charge is -2.16. The van der Waals surface area contributed by atoms with E-state index in [-0.39, 0.29) is 17.8 Å². The van der Waals surface area contributed by atoms with Crippen LogP contribution in [-0.2, 0) is 4.79 Å². The Bertz CT molecular complexity index is 131. The Balaban J connectivity index is 2.67. The number of aliphatic hydroxyl groups is 1. The highest BCUT2D eigenvalue weighted by Crippen LogP contribution is 2.33. The maximum atomic E-state index is 11.0. The van der Waals surface area contributed by atoms with E-state index in [9.17, 15) is 4.79 Å². The maximum Gasteiger partial charge on any atom is 0.141 e. The number of aliphatic hydroxyl groups excluding tert-OH is 1. The highest BCUT2D eigenvalue weighted by Gasteiger charge is 2.36. The molecule has 2 heteroatoms. The van der Waals surface area contributed by atoms with Gasteiger partial charge in [0.05, 0.1) is 6.61 Å². The minimum absolute atomic E-state index is 0.0197. The van der Waals surface area contributed by atoms with Crippen LogP contribution in [0, 0.1) is 5.41 Å². The lowest BCUT2D eigenvalue weighted by Crippen LogP contribution is -2.25. The molecule has 1 N–H and O–H groups in total. The molecule has 0 aromatic carbocycles. The number of hydrogen-bond acceptors (Lipinski definition) is 2. The summed E-state index contributed by atoms with van der Waals surface area (Å²) < 4.78 is 0. The molecule has 0 amide bonds. The number of ketones is 1. The third-order valence-electron chi connectivity index (χ3n) is 2.15. The Morgan fingerprint density at radius 1 is 1.78 bits per heavy atom. The molecule has 52 valence electrons. The lowest BCUT2D eigenvalue weighted by atomic mass is 9.89. The lowest BCUT2D eigenvalue weighted by molar-refractivity contribution is -0.126. The van der Waals surface area contributed by atoms with Crippen molar-refractivity contribution in [1.82, 2.24) is 0 Å². The van der Waals surface area contributed by atoms with Gasteiger partial charge in [0.1, 0.15) is 5.78 Å². The highest BCUT2D eigenvalue weighted by atomic mass is 16.3. The fraction of sp³-hybridized carbons (Fsp3) is 0.857. The van der Waals surface area contributed by atoms with Crippen molar-refractivity contribution in [2.75, 3.05) is 6.61 Å². The first kappa shape index (κ1) is 6.75. The van der Waals surface area contributed by atoms with Gasteiger partial charge in [-0.15, -0.1) is 0 Å². The molecule has 0 bridgehead atoms. The van der Waals surface area contributed by atoms with Crippen LogP contribution in [0.25, 0.3) is 0 Å². The summed E-state index contributed by atoms with van der Waals surface area (Å²) in [6, 6.07) is 0. The van der Waals surface area contributed by atoms with E-state index >= 15 is 0 Å². The van der Waals surface area contributed by atoms with Gasteiger partial charge in [0, 0.05) is 11.8 Å². The summed E-state index contributed by atoms with van der Waals surface area (Å²) in [5.74, 6) is 0.227. The molecular weight excluding hydrogens is 116 g/mol. The van der Waals surface area contributed by atoms with Crippen molar-refractivity contribution < 1.29 is 9.90 Å². The van der Waals surface area contributed by atoms with Gasteiger partial charge in [-0.05, 0) is 12.8 Å². The minimum atomic E-state index is -0.389. The smallest absolute Gasteiger partial charge is 0.141 e. The van der Waals surface area contributed by atoms with Crippen molar-refractivity contribution in [1.29, 1.82) is 0 Å². The molecule has 0 heterocycles. The van der Waals surface area contributed by atoms with E-state index in [0.29, 0.717) is 6.42 Å². The number of rotatable bonds is 1. The molecule has 1 aliphatic carbocycles. The molecule has 9 heavy (non-hydrogen) atoms. The van der Waals surface area contributed by atoms with Crippen LogP contribution in [0.15, 0.2) is 0 Å². The summed E-state index contributed by atoms with van der Waals surface area (Å²) >= 11 is 0. The van der Waals surface area contributed by atoms with Gasteiger partial charge in [-0.3, -0.25) is 4.79 Å². The molecule has 0 spiro atoms. The van der Waals surface area contributed by atoms with Gasteiger partial charge in [0.25, 0.3) is 0 Å². The van der Waals surface area contributed by atoms with Crippen molar-refractivity contribution in [3.8, 4) is 0 Å². The van der Waals surface area contributed by atoms with E-state index in [1.165, 1.54) is 0 Å². The van der Waals surface area contributed by atoms with Crippen LogP contribution in [0.4, 0.5) is 0 Å². The van der Waals surface area contributed by atoms with E-state index in [1.807, 2.05) is 6.92 Å². The Hall–Kier alpha value is -0.370. The third kappa shape index (κ3) is 0.990. The average molecular weight is 128 g/mol. The van der Waals surface area contributed by atoms with Crippen LogP contribution in [0.1, 0.15) is 26.2 Å². The molecule has 0 radical (unpaired) electrons. The topological polar surface area (TPSA) is 37.3 Å². The van der Waals surface area contributed by atoms with Gasteiger partial charge in [-0.25, -0.2) is 0 Å². The second-order valence-corrected chi connectivity index (χ2v) is 3.00. The normalized spacial score (nSPS) is 35.6. The van der Waals surface area contributed by atoms with Crippen molar-refractivity contribution in [3.63, 3.8) is 0 Å². The second kappa shape index (κ2) is 2.10. The summed E-state index contributed by atoms with van der Waals surface area (Å²) in [6.45, 7) is 1.86. The Kier molecular flexibility index (Phi) is 1.58. The van der Waals surface area contributed by atoms with Gasteiger partial charge in [0.2, 0.25) is 0 Å². The second-order valence-electron chi connectivity index (χ2n) is 3.00. The molecule has 1 atom stereocenters. The van der Waals surface area contributed by atoms with E-state index in [0.717, 1.165) is 12.8 Å². The molecule has 0 aromatic heterocycles. The van der Waals surface area contributed by atoms with Crippen LogP contribution in [-0.4, -0.2) is 17.5 Å². The monoisotopic (exact) mass is 128 g/mol. The average Bonchev–Trinajstić information content (AvgIpc) is 2.15. The first-order valence-corrected chi connectivity index (χ1v) is 3.33. The zero-order valence-electron chi connectivity index (χ0n) is 5.68. The fourth-order valence-corrected chi connectivity index (χ4v) is 1.25. The SMILES string of the molecule is C[C@]1(CO)CCCC1=O. The number of hydrogen-bond donors (Lipinski definition) is 1. The molecule has 1 saturated carbocycles. The summed E-state index contributed by atoms with van der Waals surface area (Å²) in [5.41, 5.74) is -0.389. The zero-order chi connectivity index (χ0) is 6.91. The van der Waals surface area contributed by atoms with Crippen LogP contribution in [0.5, 0.6) is 0 Å². The van der Waals surface area contributed by atoms with E-state index < -0.39 is 0 Å². The van der Waals surface area contributed by atoms with E-state index in [1.54, 1.807) is 0 Å². The zero-order valence-corrected chi connectivity index (χ0v) is 5.68. The van der Waals surface area contributed by atoms with Crippen molar-refractivity contribution in [2.45, 2.75) is 26.2 Å². The first-order chi connectivity index (χ1) is 4.19. The Morgan fingerprint density at radius 3 is 2.67 bits per heavy atom. The minimum Gasteiger partial charge on any atom is -0.395 e. The van der Waals surface area contributed by atoms with Crippen LogP contribution < -0.4 is 0 Å². The number of carbonyl (C=O) groups excluding carboxylic acids is 1. The maximum absolute atomic E-state index is 11.0. The van der Waals surface area contributed by atoms with Crippen LogP contribution in [0.2, 0.25) is 0 Å². The molecular formula is C7H12O2. The first-order valence-electron chi connectivity index (χ1n) is 3.33. The summed E-state index contributed by atoms with van der Waals surface area (Å²) in [4.78, 5) is 11.0. The highest BCUT2D eigenvalue weighted by molar-refractivity contribution is 5.86. The van der Waals surface area contributed by atoms with Crippen molar-refractivity contribution in [3.05, 3.63) is 0 Å². The molecule has 0 saturated heterocycles. The number of Topliss-reactive ketones (excluding diaryl/α,β-unsaturated/α-hetero) is 1. The van der Waals surface area contributed by atoms with E-state index in [4.69, 9.17) is 5.11 Å². The van der Waals surface area contributed by atoms with Crippen molar-refractivity contribution >= 4 is 5.78 Å². The molecule has 2 nitrogen and oxygen atoms in total. The van der Waals surface area contributed by atoms with E-state index in [2.05, 4.69) is 0 Å². The summed E-state index contributed by atoms with van der Waals surface area (Å²) in [6.07, 6.45) is 2.48. The van der Waals surface area contributed by atoms with Crippen LogP contribution in [0.3, 0.4) is 0 Å². The fourth-order valence-electron chi connectivity index (χ4n) is 1.25. The van der Waals surface area contributed by atoms with Crippen molar-refractivity contribution in [2.24, 2.45) is 5.41 Å². The van der Waals surface area contributed by atoms with Gasteiger partial charge >= 0.3 is 0 Å². The molecule has 1 aliphatic rings. The summed E-state index contributed by atoms with van der Waals surface area (Å²) in [7, 11) is 0. The largest absolute Gasteiger partial charge is 0.395 e.